The van der Waals surface area contributed by atoms with Gasteiger partial charge in [-0.15, -0.1) is 0 Å². The second kappa shape index (κ2) is 10.9. The number of methoxy groups -OCH3 is 1. The van der Waals surface area contributed by atoms with E-state index in [1.807, 2.05) is 0 Å². The lowest BCUT2D eigenvalue weighted by Gasteiger charge is -2.30. The Morgan fingerprint density at radius 2 is 1.73 bits per heavy atom. The maximum atomic E-state index is 16.3. The van der Waals surface area contributed by atoms with Crippen molar-refractivity contribution in [3.05, 3.63) is 29.3 Å². The molecule has 45 heavy (non-hydrogen) atoms. The van der Waals surface area contributed by atoms with Crippen LogP contribution in [0.1, 0.15) is 12.5 Å². The largest absolute Gasteiger partial charge is 0.472 e. The highest BCUT2D eigenvalue weighted by molar-refractivity contribution is 7.84. The van der Waals surface area contributed by atoms with E-state index in [0.717, 1.165) is 0 Å². The molecular weight excluding hydrogens is 644 g/mol. The average Bonchev–Trinajstić information content (AvgIpc) is 3.74. The van der Waals surface area contributed by atoms with Crippen LogP contribution in [0.4, 0.5) is 16.2 Å². The summed E-state index contributed by atoms with van der Waals surface area (Å²) in [5, 5.41) is 0. The molecule has 20 nitrogen and oxygen atoms in total. The Balaban J connectivity index is 1.24. The lowest BCUT2D eigenvalue weighted by atomic mass is 10.1. The fourth-order valence-corrected chi connectivity index (χ4v) is 8.90. The van der Waals surface area contributed by atoms with Gasteiger partial charge in [0.05, 0.1) is 37.6 Å². The third kappa shape index (κ3) is 5.06. The van der Waals surface area contributed by atoms with Crippen molar-refractivity contribution in [2.24, 2.45) is 0 Å². The Morgan fingerprint density at radius 1 is 1.04 bits per heavy atom. The molecule has 0 radical (unpaired) electrons. The summed E-state index contributed by atoms with van der Waals surface area (Å²) in [5.74, 6) is -0.160. The van der Waals surface area contributed by atoms with Crippen LogP contribution in [0.3, 0.4) is 0 Å². The molecule has 0 aliphatic carbocycles. The number of nitrogens with one attached hydrogen (secondary N) is 1. The summed E-state index contributed by atoms with van der Waals surface area (Å²) in [6, 6.07) is 0. The van der Waals surface area contributed by atoms with E-state index in [0.29, 0.717) is 0 Å². The van der Waals surface area contributed by atoms with Gasteiger partial charge in [-0.25, -0.2) is 28.9 Å². The van der Waals surface area contributed by atoms with E-state index in [-0.39, 0.29) is 34.1 Å². The summed E-state index contributed by atoms with van der Waals surface area (Å²) in [4.78, 5) is 45.8. The molecule has 3 aliphatic rings. The standard InChI is InChI=1S/C21H26BFN10O10P2/c1-38-12-7-2-39-44(22,35)14-8(42-19(9(14)23)32-5-28-10-15(24)26-4-27-16(10)32)3-40-45(36,37)43-13(12)20(41-7)33-6-29-11-17(33)30-21(25)31-18(11)34/h4-9,12-14,19-20H,2-3,22H2,1H3,(H,36,37)(H2,24,26,27)(H3,25,30,31,34)/t7-,8-,9-,12-,13-,14-,19-,20-,44+/m1/s1. The first-order valence-electron chi connectivity index (χ1n) is 13.4. The fraction of sp³-hybridized carbons (Fsp3) is 0.524. The Morgan fingerprint density at radius 3 is 2.49 bits per heavy atom. The number of ether oxygens (including phenoxy) is 3. The van der Waals surface area contributed by atoms with Crippen LogP contribution in [0.2, 0.25) is 0 Å². The van der Waals surface area contributed by atoms with Crippen LogP contribution in [0.25, 0.3) is 22.3 Å². The molecule has 0 amide bonds. The minimum absolute atomic E-state index is 0.0151. The number of fused-ring (bicyclic) bond motifs is 5. The highest BCUT2D eigenvalue weighted by Crippen LogP contribution is 2.59. The van der Waals surface area contributed by atoms with Gasteiger partial charge in [0.1, 0.15) is 30.2 Å². The van der Waals surface area contributed by atoms with Crippen LogP contribution < -0.4 is 17.0 Å². The molecule has 3 saturated heterocycles. The van der Waals surface area contributed by atoms with Crippen molar-refractivity contribution in [3.63, 3.8) is 0 Å². The molecule has 7 heterocycles. The fourth-order valence-electron chi connectivity index (χ4n) is 5.93. The first-order valence-corrected chi connectivity index (χ1v) is 17.0. The van der Waals surface area contributed by atoms with Gasteiger partial charge in [-0.05, 0) is 0 Å². The number of aromatic amines is 1. The van der Waals surface area contributed by atoms with Crippen molar-refractivity contribution in [2.75, 3.05) is 31.8 Å². The highest BCUT2D eigenvalue weighted by Gasteiger charge is 2.57. The van der Waals surface area contributed by atoms with Crippen molar-refractivity contribution < 1.29 is 46.2 Å². The number of H-pyrrole nitrogens is 1. The zero-order valence-electron chi connectivity index (χ0n) is 23.4. The van der Waals surface area contributed by atoms with Crippen molar-refractivity contribution >= 4 is 56.7 Å². The van der Waals surface area contributed by atoms with Gasteiger partial charge >= 0.3 is 7.82 Å². The number of phosphoric acid groups is 1. The number of nitrogens with two attached hydrogens (primary N) is 2. The highest BCUT2D eigenvalue weighted by atomic mass is 31.2. The molecule has 7 rings (SSSR count). The maximum absolute atomic E-state index is 16.3. The number of imidazole rings is 2. The average molecular weight is 670 g/mol. The minimum Gasteiger partial charge on any atom is -0.382 e. The predicted molar refractivity (Wildman–Crippen MR) is 152 cm³/mol. The van der Waals surface area contributed by atoms with E-state index in [4.69, 9.17) is 39.2 Å². The van der Waals surface area contributed by atoms with Gasteiger partial charge in [0.25, 0.3) is 5.56 Å². The van der Waals surface area contributed by atoms with Crippen molar-refractivity contribution in [2.45, 2.75) is 48.7 Å². The SMILES string of the molecule is B[P@@]1(=O)OC[C@H]2O[C@@H](n3cnc4c(=O)[nH]c(N)nc43)[C@H](OP(=O)(O)OC[C@H]3O[C@@H](n4cnc5c(N)ncnc54)[C@H](F)[C@@H]31)[C@@H]2OC. The number of hydrogen-bond acceptors (Lipinski definition) is 16. The summed E-state index contributed by atoms with van der Waals surface area (Å²) >= 11 is 0. The number of rotatable bonds is 3. The van der Waals surface area contributed by atoms with Crippen molar-refractivity contribution in [1.82, 2.24) is 39.0 Å². The molecule has 3 fully saturated rings. The topological polar surface area (TPSA) is 269 Å². The number of halogens is 1. The molecule has 24 heteroatoms. The third-order valence-corrected chi connectivity index (χ3v) is 11.3. The molecule has 0 aromatic carbocycles. The smallest absolute Gasteiger partial charge is 0.382 e. The normalized spacial score (nSPS) is 37.4. The van der Waals surface area contributed by atoms with E-state index in [2.05, 4.69) is 29.9 Å². The van der Waals surface area contributed by atoms with Gasteiger partial charge in [-0.3, -0.25) is 28.0 Å². The van der Waals surface area contributed by atoms with Crippen LogP contribution in [0.15, 0.2) is 23.8 Å². The summed E-state index contributed by atoms with van der Waals surface area (Å²) < 4.78 is 80.6. The van der Waals surface area contributed by atoms with Gasteiger partial charge in [0, 0.05) is 7.11 Å². The summed E-state index contributed by atoms with van der Waals surface area (Å²) in [7, 11) is -6.43. The van der Waals surface area contributed by atoms with Crippen LogP contribution in [-0.4, -0.2) is 108 Å². The van der Waals surface area contributed by atoms with Gasteiger partial charge in [0.15, 0.2) is 48.5 Å². The molecule has 1 unspecified atom stereocenters. The molecule has 4 aromatic heterocycles. The Kier molecular flexibility index (Phi) is 7.34. The predicted octanol–water partition coefficient (Wildman–Crippen LogP) is -1.00. The summed E-state index contributed by atoms with van der Waals surface area (Å²) in [6.45, 7) is -1.14. The molecule has 6 N–H and O–H groups in total. The van der Waals surface area contributed by atoms with Gasteiger partial charge in [-0.2, -0.15) is 4.98 Å². The van der Waals surface area contributed by atoms with Gasteiger partial charge in [0.2, 0.25) is 13.5 Å². The second-order valence-corrected chi connectivity index (χ2v) is 14.7. The van der Waals surface area contributed by atoms with Crippen molar-refractivity contribution in [3.8, 4) is 0 Å². The lowest BCUT2D eigenvalue weighted by Crippen LogP contribution is -2.39. The monoisotopic (exact) mass is 670 g/mol. The zero-order chi connectivity index (χ0) is 31.8. The molecule has 2 bridgehead atoms. The van der Waals surface area contributed by atoms with Crippen LogP contribution >= 0.6 is 15.1 Å². The lowest BCUT2D eigenvalue weighted by molar-refractivity contribution is -0.0516. The number of aromatic nitrogens is 8. The number of nitrogens with zero attached hydrogens (tertiary/aromatic N) is 7. The summed E-state index contributed by atoms with van der Waals surface area (Å²) in [5.41, 5.74) is 9.73. The third-order valence-electron chi connectivity index (χ3n) is 7.93. The number of hydrogen-bond donors (Lipinski definition) is 4. The Bertz CT molecular complexity index is 1940. The van der Waals surface area contributed by atoms with Crippen molar-refractivity contribution in [1.29, 1.82) is 0 Å². The zero-order valence-corrected chi connectivity index (χ0v) is 25.2. The quantitative estimate of drug-likeness (QED) is 0.150. The van der Waals surface area contributed by atoms with E-state index in [9.17, 15) is 18.8 Å². The number of nitrogen functional groups attached to an aromatic ring is 2. The summed E-state index contributed by atoms with van der Waals surface area (Å²) in [6.07, 6.45) is -5.97. The van der Waals surface area contributed by atoms with E-state index in [1.165, 1.54) is 42.8 Å². The molecule has 4 aromatic rings. The number of alkyl halides is 1. The Hall–Kier alpha value is -3.33. The Labute approximate surface area is 252 Å². The van der Waals surface area contributed by atoms with Crippen LogP contribution in [-0.2, 0) is 36.9 Å². The molecule has 3 aliphatic heterocycles. The molecule has 0 spiro atoms. The van der Waals surface area contributed by atoms with Gasteiger partial charge in [-0.1, -0.05) is 0 Å². The van der Waals surface area contributed by atoms with E-state index in [1.54, 1.807) is 0 Å². The first-order chi connectivity index (χ1) is 21.4. The van der Waals surface area contributed by atoms with Gasteiger partial charge < -0.3 is 39.7 Å². The second-order valence-electron chi connectivity index (χ2n) is 10.7. The number of anilines is 2. The van der Waals surface area contributed by atoms with E-state index < -0.39 is 82.5 Å². The maximum Gasteiger partial charge on any atom is 0.472 e. The molecule has 10 atom stereocenters. The van der Waals surface area contributed by atoms with Crippen LogP contribution in [0, 0.1) is 0 Å². The molecule has 240 valence electrons. The number of phosphoric ester groups is 1. The van der Waals surface area contributed by atoms with Crippen LogP contribution in [0.5, 0.6) is 0 Å². The molecular formula is C21H26BFN10O10P2. The molecule has 0 saturated carbocycles. The first kappa shape index (κ1) is 30.3. The van der Waals surface area contributed by atoms with E-state index >= 15 is 4.39 Å². The minimum atomic E-state index is -4.99.